The van der Waals surface area contributed by atoms with E-state index >= 15 is 0 Å². The zero-order valence-electron chi connectivity index (χ0n) is 10.3. The fourth-order valence-electron chi connectivity index (χ4n) is 0.990. The highest BCUT2D eigenvalue weighted by Gasteiger charge is 2.19. The molecule has 0 aliphatic heterocycles. The molecule has 0 saturated heterocycles. The number of oxime groups is 1. The molecule has 0 radical (unpaired) electrons. The zero-order chi connectivity index (χ0) is 13.5. The number of aromatic nitrogens is 1. The summed E-state index contributed by atoms with van der Waals surface area (Å²) in [5, 5.41) is 17.8. The Kier molecular flexibility index (Phi) is 5.25. The highest BCUT2D eigenvalue weighted by Crippen LogP contribution is 2.16. The molecule has 1 aromatic rings. The van der Waals surface area contributed by atoms with Gasteiger partial charge in [0.2, 0.25) is 10.8 Å². The number of rotatable bonds is 5. The number of nitrogens with one attached hydrogen (secondary N) is 1. The number of carbonyl (C=O) groups is 1. The Bertz CT molecular complexity index is 477. The van der Waals surface area contributed by atoms with Crippen LogP contribution in [0.25, 0.3) is 0 Å². The second-order valence-electron chi connectivity index (χ2n) is 3.38. The first-order valence-corrected chi connectivity index (χ1v) is 6.08. The van der Waals surface area contributed by atoms with Gasteiger partial charge in [-0.2, -0.15) is 5.10 Å². The predicted molar refractivity (Wildman–Crippen MR) is 69.5 cm³/mol. The van der Waals surface area contributed by atoms with E-state index in [2.05, 4.69) is 20.7 Å². The van der Waals surface area contributed by atoms with Crippen LogP contribution in [-0.2, 0) is 9.53 Å². The number of thiazole rings is 1. The van der Waals surface area contributed by atoms with Crippen LogP contribution in [0.2, 0.25) is 0 Å². The molecule has 98 valence electrons. The minimum atomic E-state index is -0.716. The number of nitrogens with zero attached hydrogens (tertiary/aromatic N) is 3. The molecule has 1 heterocycles. The third kappa shape index (κ3) is 3.81. The lowest BCUT2D eigenvalue weighted by Gasteiger charge is -2.00. The maximum atomic E-state index is 11.5. The van der Waals surface area contributed by atoms with E-state index in [0.717, 1.165) is 5.71 Å². The van der Waals surface area contributed by atoms with Gasteiger partial charge >= 0.3 is 5.97 Å². The summed E-state index contributed by atoms with van der Waals surface area (Å²) in [6.07, 6.45) is 0. The molecule has 0 bridgehead atoms. The van der Waals surface area contributed by atoms with E-state index in [9.17, 15) is 4.79 Å². The van der Waals surface area contributed by atoms with Crippen LogP contribution in [0.4, 0.5) is 5.13 Å². The molecule has 8 heteroatoms. The maximum Gasteiger partial charge on any atom is 0.362 e. The molecular formula is C10H14N4O3S. The molecular weight excluding hydrogens is 256 g/mol. The summed E-state index contributed by atoms with van der Waals surface area (Å²) in [5.41, 5.74) is 3.58. The van der Waals surface area contributed by atoms with Crippen LogP contribution in [0.1, 0.15) is 26.5 Å². The summed E-state index contributed by atoms with van der Waals surface area (Å²) in [4.78, 5) is 15.5. The summed E-state index contributed by atoms with van der Waals surface area (Å²) in [5.74, 6) is -0.716. The summed E-state index contributed by atoms with van der Waals surface area (Å²) >= 11 is 1.24. The number of hydrogen-bond acceptors (Lipinski definition) is 8. The van der Waals surface area contributed by atoms with Crippen molar-refractivity contribution in [2.24, 2.45) is 10.3 Å². The quantitative estimate of drug-likeness (QED) is 0.367. The van der Waals surface area contributed by atoms with Gasteiger partial charge in [-0.3, -0.25) is 5.43 Å². The molecule has 1 aromatic heterocycles. The SMILES string of the molecule is CCOC(=O)/C(=N\O)c1csc(NN=C(C)C)n1. The van der Waals surface area contributed by atoms with E-state index in [4.69, 9.17) is 9.94 Å². The Morgan fingerprint density at radius 1 is 1.61 bits per heavy atom. The predicted octanol–water partition coefficient (Wildman–Crippen LogP) is 1.69. The minimum Gasteiger partial charge on any atom is -0.461 e. The Labute approximate surface area is 108 Å². The number of hydrogen-bond donors (Lipinski definition) is 2. The lowest BCUT2D eigenvalue weighted by atomic mass is 10.3. The summed E-state index contributed by atoms with van der Waals surface area (Å²) in [7, 11) is 0. The zero-order valence-corrected chi connectivity index (χ0v) is 11.1. The molecule has 18 heavy (non-hydrogen) atoms. The van der Waals surface area contributed by atoms with Gasteiger partial charge in [0.1, 0.15) is 5.69 Å². The van der Waals surface area contributed by atoms with Crippen molar-refractivity contribution in [2.75, 3.05) is 12.0 Å². The van der Waals surface area contributed by atoms with Crippen LogP contribution < -0.4 is 5.43 Å². The Balaban J connectivity index is 2.83. The third-order valence-electron chi connectivity index (χ3n) is 1.69. The van der Waals surface area contributed by atoms with Crippen molar-refractivity contribution in [1.82, 2.24) is 4.98 Å². The van der Waals surface area contributed by atoms with Gasteiger partial charge in [-0.15, -0.1) is 11.3 Å². The molecule has 0 fully saturated rings. The average Bonchev–Trinajstić information content (AvgIpc) is 2.76. The smallest absolute Gasteiger partial charge is 0.362 e. The minimum absolute atomic E-state index is 0.201. The molecule has 0 aromatic carbocycles. The van der Waals surface area contributed by atoms with Gasteiger partial charge in [-0.1, -0.05) is 5.16 Å². The first-order chi connectivity index (χ1) is 8.58. The van der Waals surface area contributed by atoms with E-state index < -0.39 is 5.97 Å². The molecule has 2 N–H and O–H groups in total. The standard InChI is InChI=1S/C10H14N4O3S/c1-4-17-9(15)8(14-16)7-5-18-10(11-7)13-12-6(2)3/h5,16H,4H2,1-3H3,(H,11,13)/b14-8-. The molecule has 0 saturated carbocycles. The van der Waals surface area contributed by atoms with E-state index in [0.29, 0.717) is 5.13 Å². The molecule has 0 atom stereocenters. The van der Waals surface area contributed by atoms with Crippen molar-refractivity contribution >= 4 is 33.9 Å². The van der Waals surface area contributed by atoms with Crippen molar-refractivity contribution < 1.29 is 14.7 Å². The number of esters is 1. The van der Waals surface area contributed by atoms with Crippen LogP contribution in [0.5, 0.6) is 0 Å². The summed E-state index contributed by atoms with van der Waals surface area (Å²) < 4.78 is 4.74. The number of carbonyl (C=O) groups excluding carboxylic acids is 1. The first-order valence-electron chi connectivity index (χ1n) is 5.20. The van der Waals surface area contributed by atoms with Crippen molar-refractivity contribution in [2.45, 2.75) is 20.8 Å². The van der Waals surface area contributed by atoms with Gasteiger partial charge in [-0.05, 0) is 20.8 Å². The number of hydrazone groups is 1. The molecule has 0 unspecified atom stereocenters. The lowest BCUT2D eigenvalue weighted by Crippen LogP contribution is -2.19. The molecule has 0 amide bonds. The molecule has 7 nitrogen and oxygen atoms in total. The summed E-state index contributed by atoms with van der Waals surface area (Å²) in [6.45, 7) is 5.54. The van der Waals surface area contributed by atoms with Gasteiger partial charge in [0.15, 0.2) is 0 Å². The van der Waals surface area contributed by atoms with Gasteiger partial charge in [0.25, 0.3) is 0 Å². The van der Waals surface area contributed by atoms with E-state index in [1.165, 1.54) is 11.3 Å². The second-order valence-corrected chi connectivity index (χ2v) is 4.24. The monoisotopic (exact) mass is 270 g/mol. The van der Waals surface area contributed by atoms with Crippen LogP contribution in [0, 0.1) is 0 Å². The third-order valence-corrected chi connectivity index (χ3v) is 2.44. The normalized spacial score (nSPS) is 10.9. The fraction of sp³-hybridized carbons (Fsp3) is 0.400. The molecule has 0 aliphatic rings. The Morgan fingerprint density at radius 2 is 2.33 bits per heavy atom. The van der Waals surface area contributed by atoms with Crippen molar-refractivity contribution in [3.8, 4) is 0 Å². The van der Waals surface area contributed by atoms with Gasteiger partial charge < -0.3 is 9.94 Å². The van der Waals surface area contributed by atoms with Crippen molar-refractivity contribution in [3.05, 3.63) is 11.1 Å². The molecule has 1 rings (SSSR count). The molecule has 0 aliphatic carbocycles. The molecule has 0 spiro atoms. The second kappa shape index (κ2) is 6.70. The fourth-order valence-corrected chi connectivity index (χ4v) is 1.63. The first kappa shape index (κ1) is 14.1. The summed E-state index contributed by atoms with van der Waals surface area (Å²) in [6, 6.07) is 0. The highest BCUT2D eigenvalue weighted by atomic mass is 32.1. The Hall–Kier alpha value is -1.96. The van der Waals surface area contributed by atoms with E-state index in [1.807, 2.05) is 13.8 Å². The van der Waals surface area contributed by atoms with Crippen molar-refractivity contribution in [1.29, 1.82) is 0 Å². The van der Waals surface area contributed by atoms with Crippen LogP contribution in [0.15, 0.2) is 15.6 Å². The number of ether oxygens (including phenoxy) is 1. The van der Waals surface area contributed by atoms with E-state index in [1.54, 1.807) is 12.3 Å². The van der Waals surface area contributed by atoms with E-state index in [-0.39, 0.29) is 18.0 Å². The largest absolute Gasteiger partial charge is 0.461 e. The van der Waals surface area contributed by atoms with Crippen LogP contribution in [0.3, 0.4) is 0 Å². The number of anilines is 1. The maximum absolute atomic E-state index is 11.5. The van der Waals surface area contributed by atoms with Crippen LogP contribution >= 0.6 is 11.3 Å². The van der Waals surface area contributed by atoms with Gasteiger partial charge in [-0.25, -0.2) is 9.78 Å². The van der Waals surface area contributed by atoms with Crippen molar-refractivity contribution in [3.63, 3.8) is 0 Å². The Morgan fingerprint density at radius 3 is 2.89 bits per heavy atom. The lowest BCUT2D eigenvalue weighted by molar-refractivity contribution is -0.135. The van der Waals surface area contributed by atoms with Gasteiger partial charge in [0.05, 0.1) is 6.61 Å². The highest BCUT2D eigenvalue weighted by molar-refractivity contribution is 7.14. The average molecular weight is 270 g/mol. The topological polar surface area (TPSA) is 96.2 Å². The van der Waals surface area contributed by atoms with Gasteiger partial charge in [0, 0.05) is 11.1 Å². The van der Waals surface area contributed by atoms with Crippen LogP contribution in [-0.4, -0.2) is 34.2 Å².